The van der Waals surface area contributed by atoms with E-state index in [-0.39, 0.29) is 4.90 Å². The first-order valence-electron chi connectivity index (χ1n) is 9.22. The molecule has 0 aliphatic rings. The summed E-state index contributed by atoms with van der Waals surface area (Å²) in [5, 5.41) is 3.38. The quantitative estimate of drug-likeness (QED) is 0.511. The maximum atomic E-state index is 13.3. The molecule has 5 nitrogen and oxygen atoms in total. The zero-order chi connectivity index (χ0) is 21.7. The minimum absolute atomic E-state index is 0.100. The van der Waals surface area contributed by atoms with E-state index in [0.717, 1.165) is 16.3 Å². The van der Waals surface area contributed by atoms with Gasteiger partial charge in [0.05, 0.1) is 10.6 Å². The van der Waals surface area contributed by atoms with Gasteiger partial charge < -0.3 is 5.32 Å². The zero-order valence-corrected chi connectivity index (χ0v) is 18.5. The molecule has 1 N–H and O–H groups in total. The van der Waals surface area contributed by atoms with Crippen LogP contribution in [-0.4, -0.2) is 20.9 Å². The third-order valence-corrected chi connectivity index (χ3v) is 6.62. The predicted octanol–water partition coefficient (Wildman–Crippen LogP) is 5.39. The molecule has 0 atom stereocenters. The van der Waals surface area contributed by atoms with Crippen molar-refractivity contribution >= 4 is 50.5 Å². The highest BCUT2D eigenvalue weighted by molar-refractivity contribution is 7.92. The number of hydrogen-bond donors (Lipinski definition) is 1. The number of nitrogens with zero attached hydrogens (tertiary/aromatic N) is 1. The summed E-state index contributed by atoms with van der Waals surface area (Å²) in [6, 6.07) is 19.7. The van der Waals surface area contributed by atoms with Crippen molar-refractivity contribution in [3.63, 3.8) is 0 Å². The number of sulfonamides is 1. The van der Waals surface area contributed by atoms with E-state index in [9.17, 15) is 13.2 Å². The number of amides is 1. The average molecular weight is 463 g/mol. The van der Waals surface area contributed by atoms with E-state index in [1.165, 1.54) is 24.3 Å². The monoisotopic (exact) mass is 462 g/mol. The second kappa shape index (κ2) is 9.51. The maximum absolute atomic E-state index is 13.3. The largest absolute Gasteiger partial charge is 0.324 e. The number of hydrogen-bond acceptors (Lipinski definition) is 3. The van der Waals surface area contributed by atoms with Gasteiger partial charge in [-0.2, -0.15) is 0 Å². The molecule has 0 aliphatic heterocycles. The molecule has 0 unspecified atom stereocenters. The van der Waals surface area contributed by atoms with Crippen molar-refractivity contribution < 1.29 is 13.2 Å². The molecule has 0 aliphatic carbocycles. The SMILES string of the molecule is CCc1ccc(N(CC(=O)Nc2cc(Cl)cc(Cl)c2)S(=O)(=O)c2ccccc2)cc1. The summed E-state index contributed by atoms with van der Waals surface area (Å²) in [7, 11) is -3.96. The van der Waals surface area contributed by atoms with E-state index < -0.39 is 22.5 Å². The molecule has 156 valence electrons. The summed E-state index contributed by atoms with van der Waals surface area (Å²) in [5.74, 6) is -0.521. The Balaban J connectivity index is 1.93. The van der Waals surface area contributed by atoms with Gasteiger partial charge in [-0.15, -0.1) is 0 Å². The second-order valence-corrected chi connectivity index (χ2v) is 9.29. The molecule has 1 amide bonds. The summed E-state index contributed by atoms with van der Waals surface area (Å²) in [6.07, 6.45) is 0.821. The van der Waals surface area contributed by atoms with Crippen molar-refractivity contribution in [3.05, 3.63) is 88.4 Å². The normalized spacial score (nSPS) is 11.2. The van der Waals surface area contributed by atoms with Gasteiger partial charge in [-0.25, -0.2) is 8.42 Å². The van der Waals surface area contributed by atoms with Crippen LogP contribution in [0.15, 0.2) is 77.7 Å². The van der Waals surface area contributed by atoms with Gasteiger partial charge in [-0.1, -0.05) is 60.5 Å². The highest BCUT2D eigenvalue weighted by Gasteiger charge is 2.27. The van der Waals surface area contributed by atoms with Gasteiger partial charge >= 0.3 is 0 Å². The van der Waals surface area contributed by atoms with Crippen LogP contribution in [0.3, 0.4) is 0 Å². The van der Waals surface area contributed by atoms with Crippen molar-refractivity contribution in [1.82, 2.24) is 0 Å². The fourth-order valence-corrected chi connectivity index (χ4v) is 4.86. The molecule has 0 heterocycles. The van der Waals surface area contributed by atoms with Crippen molar-refractivity contribution in [2.45, 2.75) is 18.2 Å². The molecule has 0 saturated carbocycles. The number of anilines is 2. The summed E-state index contributed by atoms with van der Waals surface area (Å²) in [6.45, 7) is 1.60. The lowest BCUT2D eigenvalue weighted by Gasteiger charge is -2.24. The summed E-state index contributed by atoms with van der Waals surface area (Å²) < 4.78 is 27.7. The number of halogens is 2. The summed E-state index contributed by atoms with van der Waals surface area (Å²) in [5.41, 5.74) is 1.85. The number of nitrogens with one attached hydrogen (secondary N) is 1. The summed E-state index contributed by atoms with van der Waals surface area (Å²) >= 11 is 11.9. The molecular formula is C22H20Cl2N2O3S. The number of carbonyl (C=O) groups excluding carboxylic acids is 1. The third-order valence-electron chi connectivity index (χ3n) is 4.40. The smallest absolute Gasteiger partial charge is 0.264 e. The van der Waals surface area contributed by atoms with Crippen molar-refractivity contribution in [2.24, 2.45) is 0 Å². The molecule has 0 fully saturated rings. The highest BCUT2D eigenvalue weighted by atomic mass is 35.5. The highest BCUT2D eigenvalue weighted by Crippen LogP contribution is 2.25. The molecule has 0 spiro atoms. The van der Waals surface area contributed by atoms with Gasteiger partial charge in [0.1, 0.15) is 6.54 Å². The standard InChI is InChI=1S/C22H20Cl2N2O3S/c1-2-16-8-10-20(11-9-16)26(30(28,29)21-6-4-3-5-7-21)15-22(27)25-19-13-17(23)12-18(24)14-19/h3-14H,2,15H2,1H3,(H,25,27). The molecule has 3 rings (SSSR count). The van der Waals surface area contributed by atoms with Gasteiger partial charge in [-0.05, 0) is 54.4 Å². The molecule has 0 saturated heterocycles. The Bertz CT molecular complexity index is 1110. The molecule has 0 radical (unpaired) electrons. The Morgan fingerprint density at radius 2 is 1.53 bits per heavy atom. The average Bonchev–Trinajstić information content (AvgIpc) is 2.72. The van der Waals surface area contributed by atoms with Gasteiger partial charge in [0, 0.05) is 15.7 Å². The van der Waals surface area contributed by atoms with Gasteiger partial charge in [0.2, 0.25) is 5.91 Å². The van der Waals surface area contributed by atoms with Crippen LogP contribution in [0, 0.1) is 0 Å². The Labute approximate surface area is 186 Å². The molecule has 0 bridgehead atoms. The predicted molar refractivity (Wildman–Crippen MR) is 122 cm³/mol. The second-order valence-electron chi connectivity index (χ2n) is 6.55. The first-order chi connectivity index (χ1) is 14.3. The first-order valence-corrected chi connectivity index (χ1v) is 11.4. The minimum Gasteiger partial charge on any atom is -0.324 e. The molecular weight excluding hydrogens is 443 g/mol. The number of aryl methyl sites for hydroxylation is 1. The first kappa shape index (κ1) is 22.2. The minimum atomic E-state index is -3.96. The Kier molecular flexibility index (Phi) is 7.02. The van der Waals surface area contributed by atoms with E-state index in [2.05, 4.69) is 5.32 Å². The van der Waals surface area contributed by atoms with Crippen LogP contribution < -0.4 is 9.62 Å². The number of rotatable bonds is 7. The molecule has 0 aromatic heterocycles. The van der Waals surface area contributed by atoms with Crippen LogP contribution in [0.4, 0.5) is 11.4 Å². The molecule has 30 heavy (non-hydrogen) atoms. The Morgan fingerprint density at radius 1 is 0.933 bits per heavy atom. The van der Waals surface area contributed by atoms with E-state index in [0.29, 0.717) is 21.4 Å². The lowest BCUT2D eigenvalue weighted by Crippen LogP contribution is -2.38. The van der Waals surface area contributed by atoms with Gasteiger partial charge in [0.15, 0.2) is 0 Å². The van der Waals surface area contributed by atoms with Crippen molar-refractivity contribution in [3.8, 4) is 0 Å². The fourth-order valence-electron chi connectivity index (χ4n) is 2.89. The Hall–Kier alpha value is -2.54. The van der Waals surface area contributed by atoms with Gasteiger partial charge in [-0.3, -0.25) is 9.10 Å². The van der Waals surface area contributed by atoms with E-state index in [1.807, 2.05) is 19.1 Å². The van der Waals surface area contributed by atoms with Crippen LogP contribution in [0.5, 0.6) is 0 Å². The maximum Gasteiger partial charge on any atom is 0.264 e. The number of benzene rings is 3. The van der Waals surface area contributed by atoms with Gasteiger partial charge in [0.25, 0.3) is 10.0 Å². The lowest BCUT2D eigenvalue weighted by molar-refractivity contribution is -0.114. The van der Waals surface area contributed by atoms with Crippen LogP contribution in [0.25, 0.3) is 0 Å². The molecule has 3 aromatic rings. The van der Waals surface area contributed by atoms with Crippen molar-refractivity contribution in [1.29, 1.82) is 0 Å². The van der Waals surface area contributed by atoms with E-state index in [1.54, 1.807) is 36.4 Å². The Morgan fingerprint density at radius 3 is 2.10 bits per heavy atom. The van der Waals surface area contributed by atoms with Crippen LogP contribution in [0.1, 0.15) is 12.5 Å². The molecule has 3 aromatic carbocycles. The molecule has 8 heteroatoms. The van der Waals surface area contributed by atoms with E-state index >= 15 is 0 Å². The lowest BCUT2D eigenvalue weighted by atomic mass is 10.1. The number of carbonyl (C=O) groups is 1. The van der Waals surface area contributed by atoms with Crippen LogP contribution in [0.2, 0.25) is 10.0 Å². The van der Waals surface area contributed by atoms with Crippen LogP contribution >= 0.6 is 23.2 Å². The van der Waals surface area contributed by atoms with E-state index in [4.69, 9.17) is 23.2 Å². The third kappa shape index (κ3) is 5.33. The van der Waals surface area contributed by atoms with Crippen LogP contribution in [-0.2, 0) is 21.2 Å². The zero-order valence-electron chi connectivity index (χ0n) is 16.2. The van der Waals surface area contributed by atoms with Crippen molar-refractivity contribution in [2.75, 3.05) is 16.2 Å². The topological polar surface area (TPSA) is 66.5 Å². The summed E-state index contributed by atoms with van der Waals surface area (Å²) in [4.78, 5) is 12.8. The fraction of sp³-hybridized carbons (Fsp3) is 0.136.